The van der Waals surface area contributed by atoms with Gasteiger partial charge in [0, 0.05) is 13.6 Å². The Bertz CT molecular complexity index is 154. The lowest BCUT2D eigenvalue weighted by atomic mass is 10.1. The summed E-state index contributed by atoms with van der Waals surface area (Å²) in [6, 6.07) is 0. The minimum Gasteiger partial charge on any atom is -0.344 e. The molecule has 1 amide bonds. The molecule has 0 aliphatic rings. The van der Waals surface area contributed by atoms with Crippen molar-refractivity contribution in [3.8, 4) is 0 Å². The van der Waals surface area contributed by atoms with Crippen LogP contribution in [0.3, 0.4) is 0 Å². The lowest BCUT2D eigenvalue weighted by Gasteiger charge is -2.25. The van der Waals surface area contributed by atoms with Gasteiger partial charge < -0.3 is 10.6 Å². The lowest BCUT2D eigenvalue weighted by Crippen LogP contribution is -2.49. The van der Waals surface area contributed by atoms with Crippen LogP contribution < -0.4 is 5.73 Å². The van der Waals surface area contributed by atoms with Gasteiger partial charge in [0.25, 0.3) is 0 Å². The number of unbranched alkanes of at least 4 members (excludes halogenated alkanes) is 1. The molecule has 0 aliphatic carbocycles. The predicted octanol–water partition coefficient (Wildman–Crippen LogP) is 1.40. The molecule has 0 unspecified atom stereocenters. The molecule has 0 fully saturated rings. The van der Waals surface area contributed by atoms with Crippen LogP contribution in [0.4, 0.5) is 0 Å². The summed E-state index contributed by atoms with van der Waals surface area (Å²) in [6.07, 6.45) is 2.14. The molecular weight excluding hydrogens is 188 g/mol. The average molecular weight is 209 g/mol. The Hall–Kier alpha value is -0.280. The molecule has 0 saturated heterocycles. The van der Waals surface area contributed by atoms with Crippen LogP contribution in [0, 0.1) is 0 Å². The van der Waals surface area contributed by atoms with Crippen LogP contribution in [0.1, 0.15) is 33.6 Å². The smallest absolute Gasteiger partial charge is 0.241 e. The number of halogens is 1. The topological polar surface area (TPSA) is 46.3 Å². The first-order valence-corrected chi connectivity index (χ1v) is 4.44. The van der Waals surface area contributed by atoms with E-state index >= 15 is 0 Å². The summed E-state index contributed by atoms with van der Waals surface area (Å²) in [5.41, 5.74) is 4.93. The van der Waals surface area contributed by atoms with E-state index in [9.17, 15) is 4.79 Å². The number of rotatable bonds is 4. The van der Waals surface area contributed by atoms with E-state index in [1.807, 2.05) is 0 Å². The normalized spacial score (nSPS) is 10.5. The third-order valence-electron chi connectivity index (χ3n) is 1.74. The molecule has 0 bridgehead atoms. The van der Waals surface area contributed by atoms with E-state index in [4.69, 9.17) is 5.73 Å². The van der Waals surface area contributed by atoms with Crippen molar-refractivity contribution >= 4 is 18.3 Å². The van der Waals surface area contributed by atoms with E-state index in [0.717, 1.165) is 19.4 Å². The van der Waals surface area contributed by atoms with Crippen molar-refractivity contribution in [2.75, 3.05) is 13.6 Å². The Morgan fingerprint density at radius 3 is 2.23 bits per heavy atom. The minimum atomic E-state index is -0.734. The summed E-state index contributed by atoms with van der Waals surface area (Å²) >= 11 is 0. The third-order valence-corrected chi connectivity index (χ3v) is 1.74. The molecule has 2 N–H and O–H groups in total. The summed E-state index contributed by atoms with van der Waals surface area (Å²) in [5, 5.41) is 0. The van der Waals surface area contributed by atoms with E-state index in [-0.39, 0.29) is 18.3 Å². The number of hydrogen-bond donors (Lipinski definition) is 1. The largest absolute Gasteiger partial charge is 0.344 e. The van der Waals surface area contributed by atoms with Gasteiger partial charge in [0.05, 0.1) is 5.54 Å². The second-order valence-electron chi connectivity index (χ2n) is 3.80. The van der Waals surface area contributed by atoms with Crippen LogP contribution in [0.15, 0.2) is 0 Å². The number of likely N-dealkylation sites (N-methyl/N-ethyl adjacent to an activating group) is 1. The van der Waals surface area contributed by atoms with Gasteiger partial charge >= 0.3 is 0 Å². The Morgan fingerprint density at radius 2 is 1.92 bits per heavy atom. The highest BCUT2D eigenvalue weighted by molar-refractivity contribution is 5.85. The Labute approximate surface area is 87.1 Å². The number of carbonyl (C=O) groups is 1. The zero-order chi connectivity index (χ0) is 9.78. The van der Waals surface area contributed by atoms with Crippen molar-refractivity contribution in [1.29, 1.82) is 0 Å². The molecule has 0 radical (unpaired) electrons. The zero-order valence-corrected chi connectivity index (χ0v) is 9.78. The molecule has 0 aromatic heterocycles. The van der Waals surface area contributed by atoms with Crippen LogP contribution >= 0.6 is 12.4 Å². The Balaban J connectivity index is 0. The zero-order valence-electron chi connectivity index (χ0n) is 8.96. The molecule has 4 heteroatoms. The van der Waals surface area contributed by atoms with Crippen molar-refractivity contribution in [1.82, 2.24) is 4.90 Å². The van der Waals surface area contributed by atoms with Crippen LogP contribution in [-0.4, -0.2) is 29.9 Å². The summed E-state index contributed by atoms with van der Waals surface area (Å²) in [4.78, 5) is 13.2. The summed E-state index contributed by atoms with van der Waals surface area (Å²) < 4.78 is 0. The monoisotopic (exact) mass is 208 g/mol. The van der Waals surface area contributed by atoms with Gasteiger partial charge in [-0.1, -0.05) is 13.3 Å². The maximum absolute atomic E-state index is 11.5. The van der Waals surface area contributed by atoms with Gasteiger partial charge in [-0.3, -0.25) is 4.79 Å². The van der Waals surface area contributed by atoms with Crippen molar-refractivity contribution in [2.45, 2.75) is 39.2 Å². The first-order chi connectivity index (χ1) is 5.39. The molecule has 0 aromatic carbocycles. The lowest BCUT2D eigenvalue weighted by molar-refractivity contribution is -0.134. The predicted molar refractivity (Wildman–Crippen MR) is 58.1 cm³/mol. The molecule has 0 rings (SSSR count). The number of amides is 1. The average Bonchev–Trinajstić information content (AvgIpc) is 1.97. The summed E-state index contributed by atoms with van der Waals surface area (Å²) in [6.45, 7) is 6.37. The fourth-order valence-electron chi connectivity index (χ4n) is 0.989. The molecule has 0 atom stereocenters. The molecule has 13 heavy (non-hydrogen) atoms. The summed E-state index contributed by atoms with van der Waals surface area (Å²) in [5.74, 6) is 0.0101. The van der Waals surface area contributed by atoms with Gasteiger partial charge in [-0.05, 0) is 20.3 Å². The van der Waals surface area contributed by atoms with Crippen molar-refractivity contribution in [2.24, 2.45) is 5.73 Å². The van der Waals surface area contributed by atoms with Crippen molar-refractivity contribution in [3.05, 3.63) is 0 Å². The highest BCUT2D eigenvalue weighted by atomic mass is 35.5. The van der Waals surface area contributed by atoms with E-state index < -0.39 is 5.54 Å². The SMILES string of the molecule is CCCCN(C)C(=O)C(C)(C)N.Cl. The van der Waals surface area contributed by atoms with Gasteiger partial charge in [-0.2, -0.15) is 0 Å². The third kappa shape index (κ3) is 5.88. The molecular formula is C9H21ClN2O. The van der Waals surface area contributed by atoms with Gasteiger partial charge in [-0.15, -0.1) is 12.4 Å². The maximum atomic E-state index is 11.5. The van der Waals surface area contributed by atoms with E-state index in [1.54, 1.807) is 25.8 Å². The van der Waals surface area contributed by atoms with Crippen LogP contribution in [0.2, 0.25) is 0 Å². The number of nitrogens with zero attached hydrogens (tertiary/aromatic N) is 1. The van der Waals surface area contributed by atoms with Crippen molar-refractivity contribution < 1.29 is 4.79 Å². The Morgan fingerprint density at radius 1 is 1.46 bits per heavy atom. The number of carbonyl (C=O) groups excluding carboxylic acids is 1. The maximum Gasteiger partial charge on any atom is 0.241 e. The van der Waals surface area contributed by atoms with Crippen LogP contribution in [0.25, 0.3) is 0 Å². The second-order valence-corrected chi connectivity index (χ2v) is 3.80. The molecule has 0 aromatic rings. The molecule has 80 valence electrons. The van der Waals surface area contributed by atoms with E-state index in [1.165, 1.54) is 0 Å². The van der Waals surface area contributed by atoms with Gasteiger partial charge in [0.1, 0.15) is 0 Å². The van der Waals surface area contributed by atoms with Crippen molar-refractivity contribution in [3.63, 3.8) is 0 Å². The number of nitrogens with two attached hydrogens (primary N) is 1. The first kappa shape index (κ1) is 15.2. The number of hydrogen-bond acceptors (Lipinski definition) is 2. The standard InChI is InChI=1S/C9H20N2O.ClH/c1-5-6-7-11(4)8(12)9(2,3)10;/h5-7,10H2,1-4H3;1H. The van der Waals surface area contributed by atoms with Crippen LogP contribution in [0.5, 0.6) is 0 Å². The minimum absolute atomic E-state index is 0. The fourth-order valence-corrected chi connectivity index (χ4v) is 0.989. The summed E-state index contributed by atoms with van der Waals surface area (Å²) in [7, 11) is 1.80. The van der Waals surface area contributed by atoms with Gasteiger partial charge in [0.2, 0.25) is 5.91 Å². The molecule has 0 saturated carbocycles. The van der Waals surface area contributed by atoms with Crippen LogP contribution in [-0.2, 0) is 4.79 Å². The quantitative estimate of drug-likeness (QED) is 0.760. The second kappa shape index (κ2) is 6.22. The highest BCUT2D eigenvalue weighted by Crippen LogP contribution is 2.03. The Kier molecular flexibility index (Phi) is 7.27. The van der Waals surface area contributed by atoms with E-state index in [0.29, 0.717) is 0 Å². The van der Waals surface area contributed by atoms with Gasteiger partial charge in [-0.25, -0.2) is 0 Å². The molecule has 0 aliphatic heterocycles. The molecule has 0 heterocycles. The van der Waals surface area contributed by atoms with E-state index in [2.05, 4.69) is 6.92 Å². The fraction of sp³-hybridized carbons (Fsp3) is 0.889. The highest BCUT2D eigenvalue weighted by Gasteiger charge is 2.24. The molecule has 3 nitrogen and oxygen atoms in total. The van der Waals surface area contributed by atoms with Gasteiger partial charge in [0.15, 0.2) is 0 Å². The first-order valence-electron chi connectivity index (χ1n) is 4.44. The molecule has 0 spiro atoms.